The summed E-state index contributed by atoms with van der Waals surface area (Å²) in [6, 6.07) is 8.64. The Morgan fingerprint density at radius 2 is 2.21 bits per heavy atom. The first kappa shape index (κ1) is 14.9. The second kappa shape index (κ2) is 6.76. The van der Waals surface area contributed by atoms with Gasteiger partial charge in [0.15, 0.2) is 0 Å². The van der Waals surface area contributed by atoms with Crippen LogP contribution in [0.15, 0.2) is 28.7 Å². The Kier molecular flexibility index (Phi) is 5.28. The molecule has 0 spiro atoms. The van der Waals surface area contributed by atoms with Crippen LogP contribution in [0.2, 0.25) is 0 Å². The minimum absolute atomic E-state index is 0.425. The maximum absolute atomic E-state index is 5.75. The van der Waals surface area contributed by atoms with Crippen LogP contribution in [0.1, 0.15) is 39.5 Å². The largest absolute Gasteiger partial charge is 0.492 e. The van der Waals surface area contributed by atoms with E-state index in [9.17, 15) is 0 Å². The molecule has 1 aliphatic carbocycles. The fourth-order valence-electron chi connectivity index (χ4n) is 2.83. The molecule has 1 unspecified atom stereocenters. The van der Waals surface area contributed by atoms with Crippen LogP contribution in [0.3, 0.4) is 0 Å². The molecule has 3 heteroatoms. The average molecular weight is 326 g/mol. The lowest BCUT2D eigenvalue weighted by atomic mass is 9.73. The van der Waals surface area contributed by atoms with E-state index in [1.807, 2.05) is 24.3 Å². The highest BCUT2D eigenvalue weighted by molar-refractivity contribution is 9.10. The second-order valence-corrected chi connectivity index (χ2v) is 6.96. The molecule has 1 atom stereocenters. The zero-order valence-electron chi connectivity index (χ0n) is 11.9. The molecule has 0 heterocycles. The Bertz CT molecular complexity index is 405. The van der Waals surface area contributed by atoms with Crippen LogP contribution in [0.25, 0.3) is 0 Å². The van der Waals surface area contributed by atoms with E-state index >= 15 is 0 Å². The third kappa shape index (κ3) is 4.50. The smallest absolute Gasteiger partial charge is 0.120 e. The number of hydrogen-bond acceptors (Lipinski definition) is 2. The summed E-state index contributed by atoms with van der Waals surface area (Å²) in [6.07, 6.45) is 5.36. The molecule has 0 aliphatic heterocycles. The SMILES string of the molecule is CC1(C)CCCCC1NCCOc1cccc(Br)c1. The highest BCUT2D eigenvalue weighted by Crippen LogP contribution is 2.35. The van der Waals surface area contributed by atoms with E-state index in [-0.39, 0.29) is 0 Å². The topological polar surface area (TPSA) is 21.3 Å². The predicted octanol–water partition coefficient (Wildman–Crippen LogP) is 4.39. The summed E-state index contributed by atoms with van der Waals surface area (Å²) in [5.41, 5.74) is 0.425. The summed E-state index contributed by atoms with van der Waals surface area (Å²) >= 11 is 3.45. The van der Waals surface area contributed by atoms with Gasteiger partial charge in [-0.05, 0) is 36.5 Å². The van der Waals surface area contributed by atoms with Crippen molar-refractivity contribution < 1.29 is 4.74 Å². The quantitative estimate of drug-likeness (QED) is 0.811. The molecule has 2 nitrogen and oxygen atoms in total. The summed E-state index contributed by atoms with van der Waals surface area (Å²) in [5, 5.41) is 3.66. The first-order chi connectivity index (χ1) is 9.08. The molecule has 0 aromatic heterocycles. The molecule has 1 saturated carbocycles. The van der Waals surface area contributed by atoms with Crippen LogP contribution in [0, 0.1) is 5.41 Å². The number of hydrogen-bond donors (Lipinski definition) is 1. The highest BCUT2D eigenvalue weighted by atomic mass is 79.9. The van der Waals surface area contributed by atoms with Crippen molar-refractivity contribution in [2.75, 3.05) is 13.2 Å². The number of rotatable bonds is 5. The minimum Gasteiger partial charge on any atom is -0.492 e. The molecule has 1 N–H and O–H groups in total. The van der Waals surface area contributed by atoms with Crippen LogP contribution in [-0.2, 0) is 0 Å². The Hall–Kier alpha value is -0.540. The molecular formula is C16H24BrNO. The first-order valence-corrected chi connectivity index (χ1v) is 7.99. The van der Waals surface area contributed by atoms with Crippen LogP contribution in [-0.4, -0.2) is 19.2 Å². The standard InChI is InChI=1S/C16H24BrNO/c1-16(2)9-4-3-8-15(16)18-10-11-19-14-7-5-6-13(17)12-14/h5-7,12,15,18H,3-4,8-11H2,1-2H3. The molecule has 1 aromatic rings. The van der Waals surface area contributed by atoms with Crippen molar-refractivity contribution in [3.05, 3.63) is 28.7 Å². The van der Waals surface area contributed by atoms with Crippen molar-refractivity contribution in [1.82, 2.24) is 5.32 Å². The van der Waals surface area contributed by atoms with Crippen LogP contribution < -0.4 is 10.1 Å². The Labute approximate surface area is 125 Å². The van der Waals surface area contributed by atoms with Gasteiger partial charge in [-0.3, -0.25) is 0 Å². The third-order valence-electron chi connectivity index (χ3n) is 4.06. The summed E-state index contributed by atoms with van der Waals surface area (Å²) in [5.74, 6) is 0.930. The van der Waals surface area contributed by atoms with Gasteiger partial charge >= 0.3 is 0 Å². The first-order valence-electron chi connectivity index (χ1n) is 7.20. The van der Waals surface area contributed by atoms with Crippen molar-refractivity contribution >= 4 is 15.9 Å². The van der Waals surface area contributed by atoms with Gasteiger partial charge < -0.3 is 10.1 Å². The van der Waals surface area contributed by atoms with Crippen LogP contribution in [0.5, 0.6) is 5.75 Å². The fourth-order valence-corrected chi connectivity index (χ4v) is 3.21. The van der Waals surface area contributed by atoms with E-state index in [2.05, 4.69) is 35.1 Å². The normalized spacial score (nSPS) is 22.2. The van der Waals surface area contributed by atoms with Gasteiger partial charge in [-0.15, -0.1) is 0 Å². The third-order valence-corrected chi connectivity index (χ3v) is 4.56. The average Bonchev–Trinajstić information content (AvgIpc) is 2.36. The van der Waals surface area contributed by atoms with Crippen molar-refractivity contribution in [3.63, 3.8) is 0 Å². The molecule has 2 rings (SSSR count). The summed E-state index contributed by atoms with van der Waals surface area (Å²) in [7, 11) is 0. The van der Waals surface area contributed by atoms with E-state index in [0.29, 0.717) is 11.5 Å². The highest BCUT2D eigenvalue weighted by Gasteiger charge is 2.31. The summed E-state index contributed by atoms with van der Waals surface area (Å²) in [6.45, 7) is 6.39. The van der Waals surface area contributed by atoms with Gasteiger partial charge in [0.2, 0.25) is 0 Å². The van der Waals surface area contributed by atoms with Crippen molar-refractivity contribution in [3.8, 4) is 5.75 Å². The fraction of sp³-hybridized carbons (Fsp3) is 0.625. The molecule has 1 fully saturated rings. The second-order valence-electron chi connectivity index (χ2n) is 6.05. The van der Waals surface area contributed by atoms with Gasteiger partial charge in [-0.1, -0.05) is 48.7 Å². The van der Waals surface area contributed by atoms with Crippen molar-refractivity contribution in [2.45, 2.75) is 45.6 Å². The molecule has 19 heavy (non-hydrogen) atoms. The molecule has 1 aromatic carbocycles. The van der Waals surface area contributed by atoms with Gasteiger partial charge in [0.25, 0.3) is 0 Å². The Morgan fingerprint density at radius 1 is 1.37 bits per heavy atom. The minimum atomic E-state index is 0.425. The Morgan fingerprint density at radius 3 is 2.95 bits per heavy atom. The summed E-state index contributed by atoms with van der Waals surface area (Å²) in [4.78, 5) is 0. The maximum Gasteiger partial charge on any atom is 0.120 e. The van der Waals surface area contributed by atoms with Gasteiger partial charge in [0.1, 0.15) is 12.4 Å². The van der Waals surface area contributed by atoms with Gasteiger partial charge in [-0.2, -0.15) is 0 Å². The van der Waals surface area contributed by atoms with Crippen molar-refractivity contribution in [2.24, 2.45) is 5.41 Å². The lowest BCUT2D eigenvalue weighted by molar-refractivity contribution is 0.161. The number of benzene rings is 1. The molecule has 0 radical (unpaired) electrons. The van der Waals surface area contributed by atoms with Crippen LogP contribution >= 0.6 is 15.9 Å². The summed E-state index contributed by atoms with van der Waals surface area (Å²) < 4.78 is 6.82. The van der Waals surface area contributed by atoms with E-state index < -0.39 is 0 Å². The molecule has 106 valence electrons. The predicted molar refractivity (Wildman–Crippen MR) is 83.7 cm³/mol. The van der Waals surface area contributed by atoms with Gasteiger partial charge in [-0.25, -0.2) is 0 Å². The number of halogens is 1. The molecule has 0 amide bonds. The lowest BCUT2D eigenvalue weighted by Crippen LogP contribution is -2.45. The van der Waals surface area contributed by atoms with Crippen molar-refractivity contribution in [1.29, 1.82) is 0 Å². The van der Waals surface area contributed by atoms with Crippen LogP contribution in [0.4, 0.5) is 0 Å². The molecular weight excluding hydrogens is 302 g/mol. The number of nitrogens with one attached hydrogen (secondary N) is 1. The molecule has 0 saturated heterocycles. The van der Waals surface area contributed by atoms with Gasteiger partial charge in [0.05, 0.1) is 0 Å². The van der Waals surface area contributed by atoms with E-state index in [1.165, 1.54) is 25.7 Å². The monoisotopic (exact) mass is 325 g/mol. The Balaban J connectivity index is 1.72. The zero-order valence-corrected chi connectivity index (χ0v) is 13.5. The lowest BCUT2D eigenvalue weighted by Gasteiger charge is -2.39. The van der Waals surface area contributed by atoms with Gasteiger partial charge in [0, 0.05) is 17.1 Å². The number of ether oxygens (including phenoxy) is 1. The zero-order chi connectivity index (χ0) is 13.7. The maximum atomic E-state index is 5.75. The molecule has 1 aliphatic rings. The molecule has 0 bridgehead atoms. The van der Waals surface area contributed by atoms with E-state index in [0.717, 1.165) is 23.4 Å². The van der Waals surface area contributed by atoms with E-state index in [4.69, 9.17) is 4.74 Å². The van der Waals surface area contributed by atoms with E-state index in [1.54, 1.807) is 0 Å².